The second-order valence-corrected chi connectivity index (χ2v) is 9.09. The summed E-state index contributed by atoms with van der Waals surface area (Å²) >= 11 is 0. The summed E-state index contributed by atoms with van der Waals surface area (Å²) in [5.41, 5.74) is 1.58. The maximum atomic E-state index is 13.2. The van der Waals surface area contributed by atoms with E-state index in [0.29, 0.717) is 31.2 Å². The van der Waals surface area contributed by atoms with Gasteiger partial charge in [-0.05, 0) is 49.2 Å². The van der Waals surface area contributed by atoms with E-state index < -0.39 is 15.8 Å². The third kappa shape index (κ3) is 4.17. The van der Waals surface area contributed by atoms with Crippen molar-refractivity contribution in [2.24, 2.45) is 0 Å². The molecule has 1 atom stereocenters. The quantitative estimate of drug-likeness (QED) is 0.672. The molecule has 0 radical (unpaired) electrons. The van der Waals surface area contributed by atoms with Crippen LogP contribution in [0.15, 0.2) is 59.8 Å². The minimum atomic E-state index is -3.70. The van der Waals surface area contributed by atoms with Gasteiger partial charge in [0, 0.05) is 50.1 Å². The number of benzene rings is 1. The number of hydrogen-bond acceptors (Lipinski definition) is 6. The van der Waals surface area contributed by atoms with Crippen molar-refractivity contribution in [3.05, 3.63) is 66.4 Å². The van der Waals surface area contributed by atoms with Gasteiger partial charge in [-0.15, -0.1) is 0 Å². The summed E-state index contributed by atoms with van der Waals surface area (Å²) in [6.45, 7) is 0.738. The van der Waals surface area contributed by atoms with Crippen LogP contribution >= 0.6 is 0 Å². The number of sulfonamides is 1. The van der Waals surface area contributed by atoms with Gasteiger partial charge in [-0.25, -0.2) is 22.8 Å². The lowest BCUT2D eigenvalue weighted by molar-refractivity contribution is 0.312. The zero-order chi connectivity index (χ0) is 21.1. The number of pyridine rings is 1. The van der Waals surface area contributed by atoms with E-state index in [1.54, 1.807) is 19.4 Å². The van der Waals surface area contributed by atoms with Crippen molar-refractivity contribution in [1.82, 2.24) is 19.3 Å². The van der Waals surface area contributed by atoms with Crippen LogP contribution in [0.5, 0.6) is 0 Å². The van der Waals surface area contributed by atoms with Crippen molar-refractivity contribution < 1.29 is 12.8 Å². The molecule has 1 N–H and O–H groups in total. The van der Waals surface area contributed by atoms with E-state index in [0.717, 1.165) is 29.8 Å². The van der Waals surface area contributed by atoms with E-state index in [1.165, 1.54) is 16.4 Å². The fourth-order valence-corrected chi connectivity index (χ4v) is 5.11. The van der Waals surface area contributed by atoms with E-state index in [-0.39, 0.29) is 10.8 Å². The van der Waals surface area contributed by atoms with Gasteiger partial charge in [0.2, 0.25) is 10.0 Å². The molecule has 1 fully saturated rings. The number of hydrogen-bond donors (Lipinski definition) is 1. The SMILES string of the molecule is CNc1cc(C2CCCN(S(=O)(=O)c3ccc(F)cc3)C2)nc(-c2cccnc2)n1. The molecule has 0 spiro atoms. The zero-order valence-corrected chi connectivity index (χ0v) is 17.3. The molecule has 4 rings (SSSR count). The van der Waals surface area contributed by atoms with Crippen molar-refractivity contribution in [3.63, 3.8) is 0 Å². The Morgan fingerprint density at radius 1 is 1.17 bits per heavy atom. The van der Waals surface area contributed by atoms with E-state index in [2.05, 4.69) is 15.3 Å². The average Bonchev–Trinajstić information content (AvgIpc) is 2.79. The van der Waals surface area contributed by atoms with Gasteiger partial charge in [0.1, 0.15) is 11.6 Å². The summed E-state index contributed by atoms with van der Waals surface area (Å²) in [7, 11) is -1.92. The van der Waals surface area contributed by atoms with Gasteiger partial charge in [0.15, 0.2) is 5.82 Å². The van der Waals surface area contributed by atoms with Gasteiger partial charge in [-0.3, -0.25) is 4.98 Å². The Morgan fingerprint density at radius 3 is 2.67 bits per heavy atom. The van der Waals surface area contributed by atoms with Crippen LogP contribution < -0.4 is 5.32 Å². The van der Waals surface area contributed by atoms with Gasteiger partial charge < -0.3 is 5.32 Å². The normalized spacial score (nSPS) is 17.6. The molecule has 3 aromatic rings. The molecule has 1 unspecified atom stereocenters. The molecule has 7 nitrogen and oxygen atoms in total. The highest BCUT2D eigenvalue weighted by Gasteiger charge is 2.32. The molecule has 0 aliphatic carbocycles. The molecule has 1 saturated heterocycles. The number of rotatable bonds is 5. The third-order valence-electron chi connectivity index (χ3n) is 5.18. The highest BCUT2D eigenvalue weighted by atomic mass is 32.2. The lowest BCUT2D eigenvalue weighted by Crippen LogP contribution is -2.39. The molecule has 0 saturated carbocycles. The van der Waals surface area contributed by atoms with E-state index >= 15 is 0 Å². The van der Waals surface area contributed by atoms with E-state index in [1.807, 2.05) is 18.2 Å². The molecule has 0 amide bonds. The fraction of sp³-hybridized carbons (Fsp3) is 0.286. The molecular weight excluding hydrogens is 405 g/mol. The minimum Gasteiger partial charge on any atom is -0.373 e. The number of halogens is 1. The van der Waals surface area contributed by atoms with Crippen molar-refractivity contribution >= 4 is 15.8 Å². The fourth-order valence-electron chi connectivity index (χ4n) is 3.59. The smallest absolute Gasteiger partial charge is 0.243 e. The Labute approximate surface area is 175 Å². The summed E-state index contributed by atoms with van der Waals surface area (Å²) in [6, 6.07) is 10.5. The first-order chi connectivity index (χ1) is 14.5. The van der Waals surface area contributed by atoms with Crippen molar-refractivity contribution in [2.75, 3.05) is 25.5 Å². The molecule has 1 aromatic carbocycles. The van der Waals surface area contributed by atoms with E-state index in [9.17, 15) is 12.8 Å². The highest BCUT2D eigenvalue weighted by molar-refractivity contribution is 7.89. The molecule has 9 heteroatoms. The van der Waals surface area contributed by atoms with Gasteiger partial charge in [0.05, 0.1) is 10.6 Å². The largest absolute Gasteiger partial charge is 0.373 e. The number of nitrogens with zero attached hydrogens (tertiary/aromatic N) is 4. The molecule has 156 valence electrons. The molecular formula is C21H22FN5O2S. The van der Waals surface area contributed by atoms with Crippen molar-refractivity contribution in [3.8, 4) is 11.4 Å². The lowest BCUT2D eigenvalue weighted by atomic mass is 9.95. The second kappa shape index (κ2) is 8.45. The summed E-state index contributed by atoms with van der Waals surface area (Å²) in [4.78, 5) is 13.4. The minimum absolute atomic E-state index is 0.0699. The Morgan fingerprint density at radius 2 is 1.97 bits per heavy atom. The number of piperidine rings is 1. The Bertz CT molecular complexity index is 1120. The predicted octanol–water partition coefficient (Wildman–Crippen LogP) is 3.29. The highest BCUT2D eigenvalue weighted by Crippen LogP contribution is 2.31. The number of anilines is 1. The number of nitrogens with one attached hydrogen (secondary N) is 1. The Balaban J connectivity index is 1.64. The summed E-state index contributed by atoms with van der Waals surface area (Å²) in [5.74, 6) is 0.675. The first kappa shape index (κ1) is 20.4. The standard InChI is InChI=1S/C21H22FN5O2S/c1-23-20-12-19(25-21(26-20)15-4-2-10-24-13-15)16-5-3-11-27(14-16)30(28,29)18-8-6-17(22)7-9-18/h2,4,6-10,12-13,16H,3,5,11,14H2,1H3,(H,23,25,26). The summed E-state index contributed by atoms with van der Waals surface area (Å²) in [6.07, 6.45) is 4.92. The molecule has 30 heavy (non-hydrogen) atoms. The maximum absolute atomic E-state index is 13.2. The van der Waals surface area contributed by atoms with Crippen LogP contribution in [0.1, 0.15) is 24.5 Å². The Kier molecular flexibility index (Phi) is 5.74. The molecule has 3 heterocycles. The van der Waals surface area contributed by atoms with Crippen molar-refractivity contribution in [1.29, 1.82) is 0 Å². The van der Waals surface area contributed by atoms with Crippen LogP contribution in [0.3, 0.4) is 0 Å². The number of aromatic nitrogens is 3. The van der Waals surface area contributed by atoms with E-state index in [4.69, 9.17) is 4.98 Å². The van der Waals surface area contributed by atoms with Crippen molar-refractivity contribution in [2.45, 2.75) is 23.7 Å². The average molecular weight is 428 g/mol. The second-order valence-electron chi connectivity index (χ2n) is 7.15. The van der Waals surface area contributed by atoms with Gasteiger partial charge >= 0.3 is 0 Å². The van der Waals surface area contributed by atoms with Crippen LogP contribution in [-0.4, -0.2) is 47.8 Å². The monoisotopic (exact) mass is 427 g/mol. The van der Waals surface area contributed by atoms with Crippen LogP contribution in [0.2, 0.25) is 0 Å². The van der Waals surface area contributed by atoms with Crippen LogP contribution in [-0.2, 0) is 10.0 Å². The first-order valence-corrected chi connectivity index (χ1v) is 11.1. The first-order valence-electron chi connectivity index (χ1n) is 9.70. The van der Waals surface area contributed by atoms with Gasteiger partial charge in [-0.1, -0.05) is 0 Å². The van der Waals surface area contributed by atoms with Crippen LogP contribution in [0, 0.1) is 5.82 Å². The topological polar surface area (TPSA) is 88.1 Å². The molecule has 2 aromatic heterocycles. The maximum Gasteiger partial charge on any atom is 0.243 e. The molecule has 1 aliphatic heterocycles. The summed E-state index contributed by atoms with van der Waals surface area (Å²) < 4.78 is 40.7. The van der Waals surface area contributed by atoms with Crippen LogP contribution in [0.4, 0.5) is 10.2 Å². The van der Waals surface area contributed by atoms with Gasteiger partial charge in [0.25, 0.3) is 0 Å². The third-order valence-corrected chi connectivity index (χ3v) is 7.06. The molecule has 1 aliphatic rings. The Hall–Kier alpha value is -2.91. The zero-order valence-electron chi connectivity index (χ0n) is 16.5. The lowest BCUT2D eigenvalue weighted by Gasteiger charge is -2.32. The van der Waals surface area contributed by atoms with Crippen LogP contribution in [0.25, 0.3) is 11.4 Å². The predicted molar refractivity (Wildman–Crippen MR) is 112 cm³/mol. The molecule has 0 bridgehead atoms. The van der Waals surface area contributed by atoms with Gasteiger partial charge in [-0.2, -0.15) is 4.31 Å². The summed E-state index contributed by atoms with van der Waals surface area (Å²) in [5, 5.41) is 3.05.